The van der Waals surface area contributed by atoms with Crippen LogP contribution in [0.15, 0.2) is 36.8 Å². The number of nitrogens with one attached hydrogen (secondary N) is 2. The summed E-state index contributed by atoms with van der Waals surface area (Å²) in [7, 11) is 1.63. The molecule has 1 aromatic carbocycles. The van der Waals surface area contributed by atoms with Crippen LogP contribution in [-0.4, -0.2) is 61.5 Å². The van der Waals surface area contributed by atoms with Crippen molar-refractivity contribution in [2.24, 2.45) is 0 Å². The minimum absolute atomic E-state index is 0.282. The number of hydrogen-bond donors (Lipinski definition) is 2. The zero-order valence-electron chi connectivity index (χ0n) is 19.1. The molecule has 9 heteroatoms. The Labute approximate surface area is 197 Å². The Morgan fingerprint density at radius 2 is 1.91 bits per heavy atom. The fourth-order valence-electron chi connectivity index (χ4n) is 5.34. The number of aromatic nitrogens is 5. The van der Waals surface area contributed by atoms with Crippen LogP contribution in [0.3, 0.4) is 0 Å². The number of methoxy groups -OCH3 is 1. The number of amides is 1. The maximum Gasteiger partial charge on any atom is 0.228 e. The van der Waals surface area contributed by atoms with Crippen molar-refractivity contribution in [3.8, 4) is 17.0 Å². The predicted molar refractivity (Wildman–Crippen MR) is 130 cm³/mol. The van der Waals surface area contributed by atoms with Gasteiger partial charge in [-0.25, -0.2) is 0 Å². The predicted octanol–water partition coefficient (Wildman–Crippen LogP) is 3.92. The van der Waals surface area contributed by atoms with E-state index in [1.807, 2.05) is 24.4 Å². The highest BCUT2D eigenvalue weighted by Crippen LogP contribution is 2.35. The number of likely N-dealkylation sites (tertiary alicyclic amines) is 1. The molecule has 4 heterocycles. The highest BCUT2D eigenvalue weighted by atomic mass is 16.5. The van der Waals surface area contributed by atoms with Gasteiger partial charge in [0, 0.05) is 49.2 Å². The molecule has 1 saturated heterocycles. The molecule has 2 N–H and O–H groups in total. The minimum atomic E-state index is 0.282. The lowest BCUT2D eigenvalue weighted by Crippen LogP contribution is -2.41. The molecule has 0 atom stereocenters. The highest BCUT2D eigenvalue weighted by molar-refractivity contribution is 5.99. The van der Waals surface area contributed by atoms with Crippen molar-refractivity contribution in [3.63, 3.8) is 0 Å². The molecule has 2 aliphatic rings. The van der Waals surface area contributed by atoms with Crippen LogP contribution in [0.25, 0.3) is 33.2 Å². The van der Waals surface area contributed by atoms with E-state index >= 15 is 0 Å². The number of carbonyl (C=O) groups is 1. The summed E-state index contributed by atoms with van der Waals surface area (Å²) in [6.45, 7) is 0.914. The van der Waals surface area contributed by atoms with E-state index in [-0.39, 0.29) is 6.04 Å². The van der Waals surface area contributed by atoms with Gasteiger partial charge in [-0.15, -0.1) is 0 Å². The summed E-state index contributed by atoms with van der Waals surface area (Å²) in [5.41, 5.74) is 4.36. The first-order valence-corrected chi connectivity index (χ1v) is 11.9. The number of ether oxygens (including phenoxy) is 1. The van der Waals surface area contributed by atoms with Crippen molar-refractivity contribution >= 4 is 33.9 Å². The lowest BCUT2D eigenvalue weighted by Gasteiger charge is -2.34. The third kappa shape index (κ3) is 3.70. The largest absolute Gasteiger partial charge is 0.480 e. The van der Waals surface area contributed by atoms with Crippen molar-refractivity contribution in [1.29, 1.82) is 0 Å². The van der Waals surface area contributed by atoms with Crippen molar-refractivity contribution < 1.29 is 9.53 Å². The molecule has 0 radical (unpaired) electrons. The molecule has 1 aliphatic heterocycles. The average molecular weight is 458 g/mol. The van der Waals surface area contributed by atoms with Crippen LogP contribution in [0.5, 0.6) is 5.88 Å². The van der Waals surface area contributed by atoms with Gasteiger partial charge in [0.2, 0.25) is 17.7 Å². The quantitative estimate of drug-likeness (QED) is 0.467. The van der Waals surface area contributed by atoms with Crippen LogP contribution < -0.4 is 10.1 Å². The van der Waals surface area contributed by atoms with E-state index in [2.05, 4.69) is 30.2 Å². The van der Waals surface area contributed by atoms with Crippen LogP contribution in [0.1, 0.15) is 38.5 Å². The molecule has 4 aromatic rings. The molecule has 174 valence electrons. The molecule has 6 rings (SSSR count). The van der Waals surface area contributed by atoms with E-state index in [9.17, 15) is 4.79 Å². The minimum Gasteiger partial charge on any atom is -0.480 e. The second-order valence-electron chi connectivity index (χ2n) is 9.08. The Kier molecular flexibility index (Phi) is 5.24. The number of rotatable bonds is 5. The van der Waals surface area contributed by atoms with Crippen molar-refractivity contribution in [3.05, 3.63) is 36.8 Å². The fourth-order valence-corrected chi connectivity index (χ4v) is 5.34. The second-order valence-corrected chi connectivity index (χ2v) is 9.08. The first-order chi connectivity index (χ1) is 16.7. The third-order valence-electron chi connectivity index (χ3n) is 7.05. The van der Waals surface area contributed by atoms with Crippen molar-refractivity contribution in [2.45, 2.75) is 50.6 Å². The molecular formula is C25H27N7O2. The molecule has 3 aromatic heterocycles. The molecule has 34 heavy (non-hydrogen) atoms. The van der Waals surface area contributed by atoms with E-state index in [0.717, 1.165) is 71.8 Å². The van der Waals surface area contributed by atoms with Gasteiger partial charge in [-0.1, -0.05) is 6.07 Å². The normalized spacial score (nSPS) is 20.9. The SMILES string of the molecule is COc1nc(N[C@H]2CC[C@@H](N3CCCC3=O)CC2)nc2[nH]cc(-c3ccc4nccnc4c3)c12. The van der Waals surface area contributed by atoms with Crippen LogP contribution in [0.4, 0.5) is 5.95 Å². The van der Waals surface area contributed by atoms with Crippen LogP contribution >= 0.6 is 0 Å². The number of benzene rings is 1. The van der Waals surface area contributed by atoms with Crippen LogP contribution in [0.2, 0.25) is 0 Å². The zero-order chi connectivity index (χ0) is 23.1. The van der Waals surface area contributed by atoms with Gasteiger partial charge in [-0.3, -0.25) is 14.8 Å². The maximum atomic E-state index is 12.1. The van der Waals surface area contributed by atoms with Crippen LogP contribution in [-0.2, 0) is 4.79 Å². The summed E-state index contributed by atoms with van der Waals surface area (Å²) in [6, 6.07) is 6.66. The molecule has 1 amide bonds. The topological polar surface area (TPSA) is 109 Å². The third-order valence-corrected chi connectivity index (χ3v) is 7.05. The van der Waals surface area contributed by atoms with Gasteiger partial charge in [0.05, 0.1) is 23.5 Å². The number of H-pyrrole nitrogens is 1. The Morgan fingerprint density at radius 3 is 2.68 bits per heavy atom. The lowest BCUT2D eigenvalue weighted by atomic mass is 9.90. The Hall–Kier alpha value is -3.75. The number of hydrogen-bond acceptors (Lipinski definition) is 7. The standard InChI is InChI=1S/C25H27N7O2/c1-34-24-22-18(15-4-9-19-20(13-15)27-11-10-26-19)14-28-23(22)30-25(31-24)29-16-5-7-17(8-6-16)32-12-2-3-21(32)33/h4,9-11,13-14,16-17H,2-3,5-8,12H2,1H3,(H2,28,29,30,31)/t16-,17+. The van der Waals surface area contributed by atoms with Crippen LogP contribution in [0, 0.1) is 0 Å². The first kappa shape index (κ1) is 20.8. The summed E-state index contributed by atoms with van der Waals surface area (Å²) < 4.78 is 5.68. The van der Waals surface area contributed by atoms with Gasteiger partial charge in [0.15, 0.2) is 0 Å². The number of anilines is 1. The smallest absolute Gasteiger partial charge is 0.228 e. The molecular weight excluding hydrogens is 430 g/mol. The highest BCUT2D eigenvalue weighted by Gasteiger charge is 2.31. The number of aromatic amines is 1. The Bertz CT molecular complexity index is 1360. The van der Waals surface area contributed by atoms with Crippen molar-refractivity contribution in [1.82, 2.24) is 29.8 Å². The van der Waals surface area contributed by atoms with Gasteiger partial charge in [0.25, 0.3) is 0 Å². The number of carbonyl (C=O) groups excluding carboxylic acids is 1. The molecule has 0 spiro atoms. The molecule has 1 aliphatic carbocycles. The summed E-state index contributed by atoms with van der Waals surface area (Å²) in [4.78, 5) is 35.6. The summed E-state index contributed by atoms with van der Waals surface area (Å²) in [5.74, 6) is 1.40. The lowest BCUT2D eigenvalue weighted by molar-refractivity contribution is -0.130. The molecule has 1 saturated carbocycles. The Balaban J connectivity index is 1.23. The molecule has 2 fully saturated rings. The first-order valence-electron chi connectivity index (χ1n) is 11.9. The number of fused-ring (bicyclic) bond motifs is 2. The second kappa shape index (κ2) is 8.55. The molecule has 0 bridgehead atoms. The Morgan fingerprint density at radius 1 is 1.09 bits per heavy atom. The summed E-state index contributed by atoms with van der Waals surface area (Å²) in [6.07, 6.45) is 11.0. The fraction of sp³-hybridized carbons (Fsp3) is 0.400. The van der Waals surface area contributed by atoms with Gasteiger partial charge in [0.1, 0.15) is 5.65 Å². The van der Waals surface area contributed by atoms with Gasteiger partial charge < -0.3 is 19.9 Å². The van der Waals surface area contributed by atoms with E-state index in [1.54, 1.807) is 19.5 Å². The van der Waals surface area contributed by atoms with Crippen molar-refractivity contribution in [2.75, 3.05) is 19.0 Å². The monoisotopic (exact) mass is 457 g/mol. The summed E-state index contributed by atoms with van der Waals surface area (Å²) in [5, 5.41) is 4.34. The average Bonchev–Trinajstić information content (AvgIpc) is 3.50. The van der Waals surface area contributed by atoms with Gasteiger partial charge in [-0.05, 0) is 49.8 Å². The number of nitrogens with zero attached hydrogens (tertiary/aromatic N) is 5. The van der Waals surface area contributed by atoms with Gasteiger partial charge in [-0.2, -0.15) is 9.97 Å². The van der Waals surface area contributed by atoms with Gasteiger partial charge >= 0.3 is 0 Å². The van der Waals surface area contributed by atoms with E-state index in [0.29, 0.717) is 30.2 Å². The van der Waals surface area contributed by atoms with E-state index in [4.69, 9.17) is 9.72 Å². The van der Waals surface area contributed by atoms with E-state index < -0.39 is 0 Å². The summed E-state index contributed by atoms with van der Waals surface area (Å²) >= 11 is 0. The zero-order valence-corrected chi connectivity index (χ0v) is 19.1. The maximum absolute atomic E-state index is 12.1. The van der Waals surface area contributed by atoms with E-state index in [1.165, 1.54) is 0 Å². The molecule has 0 unspecified atom stereocenters. The molecule has 9 nitrogen and oxygen atoms in total.